The van der Waals surface area contributed by atoms with Crippen LogP contribution < -0.4 is 4.90 Å². The van der Waals surface area contributed by atoms with Gasteiger partial charge in [0.25, 0.3) is 0 Å². The van der Waals surface area contributed by atoms with Crippen LogP contribution in [0.5, 0.6) is 0 Å². The Labute approximate surface area is 358 Å². The fraction of sp³-hybridized carbons (Fsp3) is 0.0169. The van der Waals surface area contributed by atoms with Crippen LogP contribution in [0, 0.1) is 0 Å². The molecule has 3 nitrogen and oxygen atoms in total. The lowest BCUT2D eigenvalue weighted by molar-refractivity contribution is 0.669. The molecule has 0 atom stereocenters. The molecule has 0 unspecified atom stereocenters. The van der Waals surface area contributed by atoms with Crippen molar-refractivity contribution in [3.63, 3.8) is 0 Å². The molecular formula is C59H36N2O. The molecule has 0 N–H and O–H groups in total. The van der Waals surface area contributed by atoms with Crippen molar-refractivity contribution in [2.24, 2.45) is 0 Å². The molecule has 0 saturated carbocycles. The Morgan fingerprint density at radius 1 is 0.387 bits per heavy atom. The van der Waals surface area contributed by atoms with Gasteiger partial charge < -0.3 is 13.9 Å². The first-order valence-corrected chi connectivity index (χ1v) is 21.4. The highest BCUT2D eigenvalue weighted by molar-refractivity contribution is 6.23. The summed E-state index contributed by atoms with van der Waals surface area (Å²) in [6, 6.07) is 80.2. The minimum atomic E-state index is -0.473. The van der Waals surface area contributed by atoms with Crippen molar-refractivity contribution in [2.45, 2.75) is 5.41 Å². The minimum Gasteiger partial charge on any atom is -0.454 e. The first-order chi connectivity index (χ1) is 30.8. The smallest absolute Gasteiger partial charge is 0.160 e. The van der Waals surface area contributed by atoms with Crippen LogP contribution >= 0.6 is 0 Å². The molecular weight excluding hydrogens is 753 g/mol. The van der Waals surface area contributed by atoms with Crippen molar-refractivity contribution in [2.75, 3.05) is 4.90 Å². The van der Waals surface area contributed by atoms with Crippen molar-refractivity contribution in [3.8, 4) is 27.9 Å². The molecule has 2 aromatic heterocycles. The number of furan rings is 1. The molecule has 3 heteroatoms. The average molecular weight is 789 g/mol. The minimum absolute atomic E-state index is 0.473. The van der Waals surface area contributed by atoms with Crippen molar-refractivity contribution in [1.29, 1.82) is 0 Å². The van der Waals surface area contributed by atoms with E-state index < -0.39 is 5.41 Å². The summed E-state index contributed by atoms with van der Waals surface area (Å²) in [4.78, 5) is 2.43. The molecule has 10 aromatic carbocycles. The van der Waals surface area contributed by atoms with Crippen LogP contribution in [0.1, 0.15) is 22.3 Å². The zero-order valence-corrected chi connectivity index (χ0v) is 33.6. The van der Waals surface area contributed by atoms with Crippen LogP contribution in [0.2, 0.25) is 0 Å². The van der Waals surface area contributed by atoms with Gasteiger partial charge in [0.15, 0.2) is 5.58 Å². The highest BCUT2D eigenvalue weighted by Crippen LogP contribution is 2.63. The predicted octanol–water partition coefficient (Wildman–Crippen LogP) is 15.6. The van der Waals surface area contributed by atoms with Gasteiger partial charge in [0.2, 0.25) is 0 Å². The highest BCUT2D eigenvalue weighted by atomic mass is 16.3. The molecule has 0 radical (unpaired) electrons. The van der Waals surface area contributed by atoms with E-state index in [0.29, 0.717) is 0 Å². The van der Waals surface area contributed by atoms with Crippen molar-refractivity contribution in [1.82, 2.24) is 4.57 Å². The summed E-state index contributed by atoms with van der Waals surface area (Å²) < 4.78 is 9.36. The Bertz CT molecular complexity index is 3710. The van der Waals surface area contributed by atoms with Gasteiger partial charge in [-0.3, -0.25) is 0 Å². The maximum Gasteiger partial charge on any atom is 0.160 e. The number of nitrogens with zero attached hydrogens (tertiary/aromatic N) is 2. The van der Waals surface area contributed by atoms with Crippen molar-refractivity contribution < 1.29 is 4.42 Å². The van der Waals surface area contributed by atoms with Gasteiger partial charge in [-0.2, -0.15) is 0 Å². The van der Waals surface area contributed by atoms with Crippen LogP contribution in [0.4, 0.5) is 17.1 Å². The molecule has 2 aliphatic carbocycles. The van der Waals surface area contributed by atoms with Gasteiger partial charge in [0.1, 0.15) is 5.58 Å². The van der Waals surface area contributed by atoms with Gasteiger partial charge in [0, 0.05) is 38.6 Å². The fourth-order valence-corrected chi connectivity index (χ4v) is 11.3. The highest BCUT2D eigenvalue weighted by Gasteiger charge is 2.51. The normalized spacial score (nSPS) is 13.3. The van der Waals surface area contributed by atoms with Gasteiger partial charge in [-0.05, 0) is 116 Å². The van der Waals surface area contributed by atoms with Gasteiger partial charge in [-0.15, -0.1) is 0 Å². The number of rotatable bonds is 4. The third-order valence-electron chi connectivity index (χ3n) is 13.8. The first kappa shape index (κ1) is 33.7. The quantitative estimate of drug-likeness (QED) is 0.177. The molecule has 12 aromatic rings. The first-order valence-electron chi connectivity index (χ1n) is 21.4. The monoisotopic (exact) mass is 788 g/mol. The summed E-state index contributed by atoms with van der Waals surface area (Å²) in [5.41, 5.74) is 18.3. The standard InChI is InChI=1S/C59H36N2O/c1-2-16-41-37(15-1)35-55(58-57(41)48-22-8-14-28-56(48)62-58)60(38-29-31-39(32-30-38)61-53-26-12-6-20-46(53)47-21-7-13-27-54(47)61)40-33-34-45-44-19-5-11-25-51(44)59(52(45)36-40)49-23-9-3-17-42(49)43-18-4-10-24-50(43)59/h1-36H. The van der Waals surface area contributed by atoms with Gasteiger partial charge >= 0.3 is 0 Å². The Balaban J connectivity index is 1.05. The Morgan fingerprint density at radius 2 is 0.887 bits per heavy atom. The van der Waals surface area contributed by atoms with E-state index >= 15 is 0 Å². The van der Waals surface area contributed by atoms with Gasteiger partial charge in [0.05, 0.1) is 22.1 Å². The lowest BCUT2D eigenvalue weighted by Gasteiger charge is -2.32. The van der Waals surface area contributed by atoms with Crippen molar-refractivity contribution in [3.05, 3.63) is 241 Å². The number of para-hydroxylation sites is 3. The van der Waals surface area contributed by atoms with E-state index in [9.17, 15) is 0 Å². The average Bonchev–Trinajstić information content (AvgIpc) is 4.06. The van der Waals surface area contributed by atoms with Gasteiger partial charge in [-0.25, -0.2) is 0 Å². The van der Waals surface area contributed by atoms with E-state index in [1.807, 2.05) is 0 Å². The number of hydrogen-bond acceptors (Lipinski definition) is 2. The molecule has 288 valence electrons. The molecule has 0 fully saturated rings. The van der Waals surface area contributed by atoms with Gasteiger partial charge in [-0.1, -0.05) is 158 Å². The fourth-order valence-electron chi connectivity index (χ4n) is 11.3. The number of aromatic nitrogens is 1. The number of fused-ring (bicyclic) bond motifs is 18. The number of anilines is 3. The molecule has 62 heavy (non-hydrogen) atoms. The molecule has 14 rings (SSSR count). The zero-order valence-electron chi connectivity index (χ0n) is 33.6. The Hall–Kier alpha value is -8.14. The molecule has 0 bridgehead atoms. The third kappa shape index (κ3) is 4.34. The molecule has 2 aliphatic rings. The summed E-state index contributed by atoms with van der Waals surface area (Å²) in [5.74, 6) is 0. The number of hydrogen-bond donors (Lipinski definition) is 0. The van der Waals surface area contributed by atoms with Crippen LogP contribution in [-0.4, -0.2) is 4.57 Å². The summed E-state index contributed by atoms with van der Waals surface area (Å²) in [6.07, 6.45) is 0. The largest absolute Gasteiger partial charge is 0.454 e. The molecule has 0 saturated heterocycles. The summed E-state index contributed by atoms with van der Waals surface area (Å²) >= 11 is 0. The lowest BCUT2D eigenvalue weighted by atomic mass is 9.70. The van der Waals surface area contributed by atoms with E-state index in [2.05, 4.69) is 228 Å². The third-order valence-corrected chi connectivity index (χ3v) is 13.8. The second-order valence-electron chi connectivity index (χ2n) is 16.8. The maximum absolute atomic E-state index is 6.98. The summed E-state index contributed by atoms with van der Waals surface area (Å²) in [7, 11) is 0. The van der Waals surface area contributed by atoms with E-state index in [0.717, 1.165) is 50.1 Å². The number of benzene rings is 10. The van der Waals surface area contributed by atoms with Crippen molar-refractivity contribution >= 4 is 71.6 Å². The summed E-state index contributed by atoms with van der Waals surface area (Å²) in [5, 5.41) is 7.09. The molecule has 0 aliphatic heterocycles. The van der Waals surface area contributed by atoms with E-state index in [-0.39, 0.29) is 0 Å². The Morgan fingerprint density at radius 3 is 1.53 bits per heavy atom. The van der Waals surface area contributed by atoms with Crippen LogP contribution in [-0.2, 0) is 5.41 Å². The zero-order chi connectivity index (χ0) is 40.5. The SMILES string of the molecule is c1ccc2c(c1)-c1ccccc1C21c2ccccc2-c2ccc(N(c3ccc(-n4c5ccccc5c5ccccc54)cc3)c3cc4ccccc4c4c3oc3ccccc34)cc21. The van der Waals surface area contributed by atoms with E-state index in [1.54, 1.807) is 0 Å². The second-order valence-corrected chi connectivity index (χ2v) is 16.8. The van der Waals surface area contributed by atoms with Crippen LogP contribution in [0.25, 0.3) is 82.5 Å². The molecule has 0 amide bonds. The van der Waals surface area contributed by atoms with Crippen LogP contribution in [0.15, 0.2) is 223 Å². The molecule has 2 heterocycles. The maximum atomic E-state index is 6.98. The topological polar surface area (TPSA) is 21.3 Å². The van der Waals surface area contributed by atoms with Crippen LogP contribution in [0.3, 0.4) is 0 Å². The summed E-state index contributed by atoms with van der Waals surface area (Å²) in [6.45, 7) is 0. The second kappa shape index (κ2) is 12.4. The van der Waals surface area contributed by atoms with E-state index in [1.165, 1.54) is 71.7 Å². The Kier molecular flexibility index (Phi) is 6.76. The van der Waals surface area contributed by atoms with E-state index in [4.69, 9.17) is 4.42 Å². The predicted molar refractivity (Wildman–Crippen MR) is 257 cm³/mol. The molecule has 1 spiro atoms. The lowest BCUT2D eigenvalue weighted by Crippen LogP contribution is -2.26.